The fourth-order valence-electron chi connectivity index (χ4n) is 20.2. The number of aryl methyl sites for hydroxylation is 6. The standard InChI is InChI=1S/C34H28N6.C32H24N6.C32H22N4.C30H20N6/c1-21-11-5-7-15-29(21)39-31(37-27-13-9-17-35-33(27)39)25-19-24(4)26(20-23(25)3)32-38-28-14-10-18-36-34(28)40(32)30-16-8-6-12-22(30)2;1-21-19-26(30-36-28-16-10-18-34-32(28)38(30)24-13-7-4-8-14-24)22(2)20-25(21)29-35-27-15-9-17-33-31(27)37(29)23-11-5-3-6-12-23;1-3-11-25(12-4-1)35-29-17-9-7-15-27(29)33-31(35)23-19-21-24(22-20-23)32-34-28-16-8-10-18-30(28)36(32)26-13-5-2-6-14-26;1-3-9-23(10-4-1)35-27(33-25-13-7-19-31-29(25)35)21-15-17-22(18-16-21)28-34-26-14-8-20-32-30(26)36(28)24-11-5-2-6-12-24/h5-20H,1-4H3;3-20H,1-2H3;1-22H;1-20H. The van der Waals surface area contributed by atoms with Gasteiger partial charge in [0.15, 0.2) is 33.9 Å². The number of pyridine rings is 6. The van der Waals surface area contributed by atoms with Gasteiger partial charge < -0.3 is 0 Å². The molecule has 0 N–H and O–H groups in total. The Labute approximate surface area is 863 Å². The van der Waals surface area contributed by atoms with Crippen LogP contribution in [0.1, 0.15) is 33.4 Å². The van der Waals surface area contributed by atoms with E-state index in [1.807, 2.05) is 195 Å². The van der Waals surface area contributed by atoms with E-state index in [1.165, 1.54) is 11.1 Å². The minimum Gasteiger partial charge on any atom is -0.292 e. The first-order chi connectivity index (χ1) is 73.9. The predicted molar refractivity (Wildman–Crippen MR) is 601 cm³/mol. The Balaban J connectivity index is 0.000000104. The number of imidazole rings is 8. The van der Waals surface area contributed by atoms with E-state index in [0.29, 0.717) is 0 Å². The molecule has 0 aliphatic rings. The van der Waals surface area contributed by atoms with Crippen LogP contribution in [-0.2, 0) is 0 Å². The topological polar surface area (TPSA) is 220 Å². The normalized spacial score (nSPS) is 11.4. The summed E-state index contributed by atoms with van der Waals surface area (Å²) < 4.78 is 17.3. The van der Waals surface area contributed by atoms with E-state index >= 15 is 0 Å². The van der Waals surface area contributed by atoms with Gasteiger partial charge in [0, 0.05) is 116 Å². The van der Waals surface area contributed by atoms with E-state index in [0.717, 1.165) is 248 Å². The average molecular weight is 1940 g/mol. The number of rotatable bonds is 16. The molecule has 28 aromatic rings. The summed E-state index contributed by atoms with van der Waals surface area (Å²) in [7, 11) is 0. The second-order valence-electron chi connectivity index (χ2n) is 36.9. The lowest BCUT2D eigenvalue weighted by atomic mass is 9.98. The number of fused-ring (bicyclic) bond motifs is 8. The molecule has 28 rings (SSSR count). The maximum Gasteiger partial charge on any atom is 0.164 e. The molecule has 0 bridgehead atoms. The van der Waals surface area contributed by atoms with Crippen molar-refractivity contribution in [3.63, 3.8) is 0 Å². The Hall–Kier alpha value is -20.3. The number of benzene rings is 14. The first kappa shape index (κ1) is 91.0. The van der Waals surface area contributed by atoms with E-state index in [4.69, 9.17) is 49.8 Å². The van der Waals surface area contributed by atoms with Gasteiger partial charge >= 0.3 is 0 Å². The van der Waals surface area contributed by atoms with Gasteiger partial charge in [-0.1, -0.05) is 218 Å². The summed E-state index contributed by atoms with van der Waals surface area (Å²) in [6, 6.07) is 145. The predicted octanol–water partition coefficient (Wildman–Crippen LogP) is 29.0. The lowest BCUT2D eigenvalue weighted by Crippen LogP contribution is -2.04. The van der Waals surface area contributed by atoms with Crippen LogP contribution in [0.15, 0.2) is 462 Å². The molecule has 14 aromatic carbocycles. The van der Waals surface area contributed by atoms with Gasteiger partial charge in [0.1, 0.15) is 79.7 Å². The lowest BCUT2D eigenvalue weighted by molar-refractivity contribution is 1.05. The number of aromatic nitrogens is 22. The fraction of sp³-hybridized carbons (Fsp3) is 0.0469. The first-order valence-corrected chi connectivity index (χ1v) is 49.8. The highest BCUT2D eigenvalue weighted by Crippen LogP contribution is 2.43. The molecule has 0 amide bonds. The molecule has 0 saturated heterocycles. The lowest BCUT2D eigenvalue weighted by Gasteiger charge is -2.17. The average Bonchev–Trinajstić information content (AvgIpc) is 1.62. The fourth-order valence-corrected chi connectivity index (χ4v) is 20.2. The Kier molecular flexibility index (Phi) is 23.7. The molecule has 0 aliphatic heterocycles. The maximum atomic E-state index is 5.09. The second kappa shape index (κ2) is 39.1. The van der Waals surface area contributed by atoms with E-state index in [2.05, 4.69) is 353 Å². The van der Waals surface area contributed by atoms with Crippen LogP contribution in [0, 0.1) is 41.5 Å². The van der Waals surface area contributed by atoms with E-state index in [9.17, 15) is 0 Å². The van der Waals surface area contributed by atoms with Crippen LogP contribution in [-0.4, -0.2) is 106 Å². The summed E-state index contributed by atoms with van der Waals surface area (Å²) in [5.74, 6) is 7.04. The molecule has 14 aromatic heterocycles. The second-order valence-corrected chi connectivity index (χ2v) is 36.9. The van der Waals surface area contributed by atoms with Crippen LogP contribution >= 0.6 is 0 Å². The van der Waals surface area contributed by atoms with Gasteiger partial charge in [-0.15, -0.1) is 0 Å². The van der Waals surface area contributed by atoms with Crippen LogP contribution in [0.25, 0.3) is 226 Å². The van der Waals surface area contributed by atoms with Crippen molar-refractivity contribution in [3.05, 3.63) is 495 Å². The minimum atomic E-state index is 0.833. The molecule has 716 valence electrons. The van der Waals surface area contributed by atoms with Gasteiger partial charge in [0.2, 0.25) is 0 Å². The molecule has 0 atom stereocenters. The van der Waals surface area contributed by atoms with Gasteiger partial charge in [-0.2, -0.15) is 0 Å². The number of hydrogen-bond donors (Lipinski definition) is 0. The smallest absolute Gasteiger partial charge is 0.164 e. The zero-order valence-corrected chi connectivity index (χ0v) is 82.7. The minimum absolute atomic E-state index is 0.833. The third-order valence-electron chi connectivity index (χ3n) is 27.3. The Morgan fingerprint density at radius 3 is 0.593 bits per heavy atom. The van der Waals surface area contributed by atoms with Gasteiger partial charge in [-0.25, -0.2) is 69.8 Å². The summed E-state index contributed by atoms with van der Waals surface area (Å²) in [4.78, 5) is 68.1. The van der Waals surface area contributed by atoms with Gasteiger partial charge in [-0.05, 0) is 281 Å². The summed E-state index contributed by atoms with van der Waals surface area (Å²) in [6.07, 6.45) is 10.9. The highest BCUT2D eigenvalue weighted by Gasteiger charge is 2.28. The van der Waals surface area contributed by atoms with E-state index in [1.54, 1.807) is 12.4 Å². The van der Waals surface area contributed by atoms with Gasteiger partial charge in [0.05, 0.1) is 33.4 Å². The maximum absolute atomic E-state index is 5.09. The summed E-state index contributed by atoms with van der Waals surface area (Å²) in [5, 5.41) is 0. The van der Waals surface area contributed by atoms with Crippen molar-refractivity contribution in [2.75, 3.05) is 0 Å². The molecular weight excluding hydrogens is 1850 g/mol. The number of para-hydroxylation sites is 12. The monoisotopic (exact) mass is 1940 g/mol. The largest absolute Gasteiger partial charge is 0.292 e. The van der Waals surface area contributed by atoms with Crippen molar-refractivity contribution >= 4 is 89.1 Å². The number of hydrogen-bond acceptors (Lipinski definition) is 14. The van der Waals surface area contributed by atoms with Crippen molar-refractivity contribution in [2.45, 2.75) is 41.5 Å². The van der Waals surface area contributed by atoms with E-state index < -0.39 is 0 Å². The van der Waals surface area contributed by atoms with Crippen LogP contribution in [0.2, 0.25) is 0 Å². The molecular formula is C128H94N22. The molecule has 22 nitrogen and oxygen atoms in total. The molecule has 0 unspecified atom stereocenters. The van der Waals surface area contributed by atoms with Crippen molar-refractivity contribution in [1.82, 2.24) is 106 Å². The molecule has 0 aliphatic carbocycles. The SMILES string of the molecule is Cc1cc(-c2nc3cccnc3n2-c2ccccc2)c(C)cc1-c1nc2cccnc2n1-c1ccccc1.Cc1cc(-c2nc3cccnc3n2-c2ccccc2C)c(C)cc1-c1nc2cccnc2n1-c1ccccc1C.c1ccc(-n2c(-c3ccc(-c4nc5ccccc5n4-c4ccccc4)cc3)nc3ccccc32)cc1.c1ccc(-n2c(-c3ccc(-c4nc5cccnc5n4-c4ccccc4)cc3)nc3cccnc32)cc1. The zero-order valence-electron chi connectivity index (χ0n) is 82.7. The number of nitrogens with zero attached hydrogens (tertiary/aromatic N) is 22. The Bertz CT molecular complexity index is 9050. The van der Waals surface area contributed by atoms with Crippen LogP contribution in [0.3, 0.4) is 0 Å². The van der Waals surface area contributed by atoms with Gasteiger partial charge in [-0.3, -0.25) is 36.5 Å². The highest BCUT2D eigenvalue weighted by molar-refractivity contribution is 5.92. The summed E-state index contributed by atoms with van der Waals surface area (Å²) >= 11 is 0. The molecule has 0 saturated carbocycles. The molecule has 0 spiro atoms. The Morgan fingerprint density at radius 1 is 0.147 bits per heavy atom. The third-order valence-corrected chi connectivity index (χ3v) is 27.3. The van der Waals surface area contributed by atoms with Crippen molar-refractivity contribution < 1.29 is 0 Å². The summed E-state index contributed by atoms with van der Waals surface area (Å²) in [5.41, 5.74) is 38.0. The molecule has 14 heterocycles. The van der Waals surface area contributed by atoms with Crippen molar-refractivity contribution in [1.29, 1.82) is 0 Å². The molecule has 22 heteroatoms. The molecule has 150 heavy (non-hydrogen) atoms. The highest BCUT2D eigenvalue weighted by atomic mass is 15.2. The zero-order chi connectivity index (χ0) is 101. The van der Waals surface area contributed by atoms with Crippen molar-refractivity contribution in [3.8, 4) is 137 Å². The molecule has 0 radical (unpaired) electrons. The quantitative estimate of drug-likeness (QED) is 0.0878. The summed E-state index contributed by atoms with van der Waals surface area (Å²) in [6.45, 7) is 12.8. The van der Waals surface area contributed by atoms with Crippen LogP contribution < -0.4 is 0 Å². The third kappa shape index (κ3) is 16.8. The van der Waals surface area contributed by atoms with Gasteiger partial charge in [0.25, 0.3) is 0 Å². The molecule has 0 fully saturated rings. The van der Waals surface area contributed by atoms with Crippen molar-refractivity contribution in [2.24, 2.45) is 0 Å². The van der Waals surface area contributed by atoms with E-state index in [-0.39, 0.29) is 0 Å². The van der Waals surface area contributed by atoms with Crippen LogP contribution in [0.5, 0.6) is 0 Å². The van der Waals surface area contributed by atoms with Crippen LogP contribution in [0.4, 0.5) is 0 Å². The Morgan fingerprint density at radius 2 is 0.333 bits per heavy atom. The first-order valence-electron chi connectivity index (χ1n) is 49.8.